The van der Waals surface area contributed by atoms with Gasteiger partial charge in [-0.1, -0.05) is 36.0 Å². The van der Waals surface area contributed by atoms with Crippen LogP contribution in [0, 0.1) is 0 Å². The molecule has 0 amide bonds. The summed E-state index contributed by atoms with van der Waals surface area (Å²) >= 11 is 11.0. The van der Waals surface area contributed by atoms with Gasteiger partial charge in [0.25, 0.3) is 0 Å². The van der Waals surface area contributed by atoms with E-state index < -0.39 is 0 Å². The van der Waals surface area contributed by atoms with Gasteiger partial charge in [-0.25, -0.2) is 0 Å². The highest BCUT2D eigenvalue weighted by Gasteiger charge is 2.05. The normalized spacial score (nSPS) is 10.1. The van der Waals surface area contributed by atoms with Crippen molar-refractivity contribution in [2.75, 3.05) is 7.11 Å². The van der Waals surface area contributed by atoms with Crippen LogP contribution in [0.2, 0.25) is 5.02 Å². The van der Waals surface area contributed by atoms with Crippen molar-refractivity contribution in [3.05, 3.63) is 58.6 Å². The van der Waals surface area contributed by atoms with Gasteiger partial charge in [-0.15, -0.1) is 0 Å². The number of ether oxygens (including phenoxy) is 2. The lowest BCUT2D eigenvalue weighted by atomic mass is 10.2. The number of thiocarbonyl (C=S) groups is 1. The van der Waals surface area contributed by atoms with Crippen molar-refractivity contribution in [2.45, 2.75) is 6.61 Å². The summed E-state index contributed by atoms with van der Waals surface area (Å²) in [5.41, 5.74) is 7.27. The van der Waals surface area contributed by atoms with Gasteiger partial charge in [0.2, 0.25) is 0 Å². The highest BCUT2D eigenvalue weighted by atomic mass is 35.5. The summed E-state index contributed by atoms with van der Waals surface area (Å²) in [4.78, 5) is 0.311. The fourth-order valence-corrected chi connectivity index (χ4v) is 2.06. The van der Waals surface area contributed by atoms with Gasteiger partial charge < -0.3 is 15.2 Å². The Morgan fingerprint density at radius 1 is 1.25 bits per heavy atom. The van der Waals surface area contributed by atoms with Crippen molar-refractivity contribution in [3.63, 3.8) is 0 Å². The van der Waals surface area contributed by atoms with E-state index in [0.717, 1.165) is 16.9 Å². The predicted molar refractivity (Wildman–Crippen MR) is 84.7 cm³/mol. The van der Waals surface area contributed by atoms with Crippen LogP contribution in [0.3, 0.4) is 0 Å². The lowest BCUT2D eigenvalue weighted by Gasteiger charge is -2.10. The van der Waals surface area contributed by atoms with E-state index in [1.807, 2.05) is 24.3 Å². The molecule has 0 saturated carbocycles. The molecular formula is C15H14ClNO2S. The molecule has 0 fully saturated rings. The molecule has 0 spiro atoms. The Labute approximate surface area is 128 Å². The van der Waals surface area contributed by atoms with Crippen LogP contribution in [0.1, 0.15) is 11.1 Å². The summed E-state index contributed by atoms with van der Waals surface area (Å²) in [6.07, 6.45) is 0. The Bertz CT molecular complexity index is 631. The minimum absolute atomic E-state index is 0.311. The zero-order valence-corrected chi connectivity index (χ0v) is 12.5. The Balaban J connectivity index is 2.08. The van der Waals surface area contributed by atoms with Crippen molar-refractivity contribution in [2.24, 2.45) is 5.73 Å². The predicted octanol–water partition coefficient (Wildman–Crippen LogP) is 3.56. The van der Waals surface area contributed by atoms with Crippen LogP contribution >= 0.6 is 23.8 Å². The molecule has 0 aliphatic carbocycles. The van der Waals surface area contributed by atoms with E-state index in [4.69, 9.17) is 39.0 Å². The lowest BCUT2D eigenvalue weighted by molar-refractivity contribution is 0.305. The molecule has 0 aliphatic rings. The van der Waals surface area contributed by atoms with Crippen molar-refractivity contribution in [1.29, 1.82) is 0 Å². The fraction of sp³-hybridized carbons (Fsp3) is 0.133. The molecule has 0 atom stereocenters. The minimum atomic E-state index is 0.311. The van der Waals surface area contributed by atoms with Crippen LogP contribution in [0.5, 0.6) is 11.5 Å². The first kappa shape index (κ1) is 14.6. The van der Waals surface area contributed by atoms with Crippen molar-refractivity contribution < 1.29 is 9.47 Å². The third-order valence-corrected chi connectivity index (χ3v) is 3.28. The first-order chi connectivity index (χ1) is 9.60. The first-order valence-corrected chi connectivity index (χ1v) is 6.74. The minimum Gasteiger partial charge on any atom is -0.497 e. The lowest BCUT2D eigenvalue weighted by Crippen LogP contribution is -2.09. The Morgan fingerprint density at radius 2 is 2.05 bits per heavy atom. The van der Waals surface area contributed by atoms with Crippen LogP contribution < -0.4 is 15.2 Å². The Hall–Kier alpha value is -1.78. The Kier molecular flexibility index (Phi) is 4.82. The molecule has 2 aromatic rings. The molecule has 0 heterocycles. The first-order valence-electron chi connectivity index (χ1n) is 5.95. The smallest absolute Gasteiger partial charge is 0.138 e. The van der Waals surface area contributed by atoms with Crippen LogP contribution in [0.4, 0.5) is 0 Å². The third kappa shape index (κ3) is 3.62. The van der Waals surface area contributed by atoms with Gasteiger partial charge in [0, 0.05) is 5.56 Å². The van der Waals surface area contributed by atoms with Gasteiger partial charge in [0.1, 0.15) is 23.1 Å². The van der Waals surface area contributed by atoms with Gasteiger partial charge in [0.05, 0.1) is 12.1 Å². The second kappa shape index (κ2) is 6.59. The molecule has 0 saturated heterocycles. The molecule has 0 unspecified atom stereocenters. The average molecular weight is 308 g/mol. The van der Waals surface area contributed by atoms with Gasteiger partial charge >= 0.3 is 0 Å². The number of rotatable bonds is 5. The van der Waals surface area contributed by atoms with Crippen LogP contribution in [0.15, 0.2) is 42.5 Å². The zero-order valence-electron chi connectivity index (χ0n) is 10.9. The number of hydrogen-bond donors (Lipinski definition) is 1. The molecule has 0 aliphatic heterocycles. The third-order valence-electron chi connectivity index (χ3n) is 2.74. The maximum Gasteiger partial charge on any atom is 0.138 e. The molecule has 2 rings (SSSR count). The highest BCUT2D eigenvalue weighted by molar-refractivity contribution is 7.80. The zero-order chi connectivity index (χ0) is 14.5. The molecule has 2 aromatic carbocycles. The second-order valence-electron chi connectivity index (χ2n) is 4.15. The summed E-state index contributed by atoms with van der Waals surface area (Å²) in [5.74, 6) is 1.38. The fourth-order valence-electron chi connectivity index (χ4n) is 1.69. The molecule has 0 radical (unpaired) electrons. The summed E-state index contributed by atoms with van der Waals surface area (Å²) in [6.45, 7) is 0.406. The van der Waals surface area contributed by atoms with E-state index in [1.54, 1.807) is 25.3 Å². The highest BCUT2D eigenvalue weighted by Crippen LogP contribution is 2.26. The SMILES string of the molecule is COc1cccc(COc2ccc(C(N)=S)cc2Cl)c1. The van der Waals surface area contributed by atoms with Crippen molar-refractivity contribution in [3.8, 4) is 11.5 Å². The summed E-state index contributed by atoms with van der Waals surface area (Å²) in [7, 11) is 1.63. The Morgan fingerprint density at radius 3 is 2.70 bits per heavy atom. The number of benzene rings is 2. The summed E-state index contributed by atoms with van der Waals surface area (Å²) < 4.78 is 10.8. The number of hydrogen-bond acceptors (Lipinski definition) is 3. The largest absolute Gasteiger partial charge is 0.497 e. The number of halogens is 1. The quantitative estimate of drug-likeness (QED) is 0.858. The van der Waals surface area contributed by atoms with Gasteiger partial charge in [-0.05, 0) is 35.9 Å². The van der Waals surface area contributed by atoms with E-state index in [0.29, 0.717) is 22.4 Å². The van der Waals surface area contributed by atoms with Gasteiger partial charge in [-0.3, -0.25) is 0 Å². The molecule has 3 nitrogen and oxygen atoms in total. The van der Waals surface area contributed by atoms with E-state index in [2.05, 4.69) is 0 Å². The second-order valence-corrected chi connectivity index (χ2v) is 5.00. The maximum atomic E-state index is 6.13. The van der Waals surface area contributed by atoms with E-state index in [-0.39, 0.29) is 0 Å². The summed E-state index contributed by atoms with van der Waals surface area (Å²) in [6, 6.07) is 12.9. The van der Waals surface area contributed by atoms with Crippen LogP contribution in [-0.2, 0) is 6.61 Å². The van der Waals surface area contributed by atoms with Gasteiger partial charge in [-0.2, -0.15) is 0 Å². The molecule has 5 heteroatoms. The molecular weight excluding hydrogens is 294 g/mol. The van der Waals surface area contributed by atoms with Gasteiger partial charge in [0.15, 0.2) is 0 Å². The molecule has 2 N–H and O–H groups in total. The van der Waals surface area contributed by atoms with E-state index in [1.165, 1.54) is 0 Å². The van der Waals surface area contributed by atoms with Crippen molar-refractivity contribution in [1.82, 2.24) is 0 Å². The topological polar surface area (TPSA) is 44.5 Å². The molecule has 0 bridgehead atoms. The summed E-state index contributed by atoms with van der Waals surface area (Å²) in [5, 5.41) is 0.484. The monoisotopic (exact) mass is 307 g/mol. The van der Waals surface area contributed by atoms with Crippen LogP contribution in [-0.4, -0.2) is 12.1 Å². The maximum absolute atomic E-state index is 6.13. The molecule has 0 aromatic heterocycles. The van der Waals surface area contributed by atoms with E-state index >= 15 is 0 Å². The number of methoxy groups -OCH3 is 1. The van der Waals surface area contributed by atoms with Crippen molar-refractivity contribution >= 4 is 28.8 Å². The van der Waals surface area contributed by atoms with E-state index in [9.17, 15) is 0 Å². The number of nitrogens with two attached hydrogens (primary N) is 1. The van der Waals surface area contributed by atoms with Crippen LogP contribution in [0.25, 0.3) is 0 Å². The average Bonchev–Trinajstić information content (AvgIpc) is 2.46. The standard InChI is InChI=1S/C15H14ClNO2S/c1-18-12-4-2-3-10(7-12)9-19-14-6-5-11(15(17)20)8-13(14)16/h2-8H,9H2,1H3,(H2,17,20). The molecule has 104 valence electrons. The molecule has 20 heavy (non-hydrogen) atoms.